The van der Waals surface area contributed by atoms with Gasteiger partial charge < -0.3 is 23.9 Å². The lowest BCUT2D eigenvalue weighted by Crippen LogP contribution is -2.64. The number of nitrogens with one attached hydrogen (secondary N) is 1. The highest BCUT2D eigenvalue weighted by molar-refractivity contribution is 6.00. The van der Waals surface area contributed by atoms with Crippen molar-refractivity contribution in [3.8, 4) is 17.2 Å². The summed E-state index contributed by atoms with van der Waals surface area (Å²) in [6.45, 7) is 7.37. The molecule has 1 fully saturated rings. The number of carbonyl (C=O) groups excluding carboxylic acids is 2. The molecule has 0 radical (unpaired) electrons. The fourth-order valence-electron chi connectivity index (χ4n) is 5.45. The fraction of sp³-hybridized carbons (Fsp3) is 0.448. The molecule has 2 aromatic heterocycles. The summed E-state index contributed by atoms with van der Waals surface area (Å²) >= 11 is 0. The zero-order valence-corrected chi connectivity index (χ0v) is 21.3. The van der Waals surface area contributed by atoms with Crippen LogP contribution in [0.2, 0.25) is 0 Å². The molecule has 2 amide bonds. The van der Waals surface area contributed by atoms with Crippen LogP contribution in [0.15, 0.2) is 59.2 Å². The summed E-state index contributed by atoms with van der Waals surface area (Å²) in [5, 5.41) is 3.30. The molecular weight excluding hydrogens is 454 g/mol. The highest BCUT2D eigenvalue weighted by atomic mass is 16.5. The molecule has 3 heterocycles. The van der Waals surface area contributed by atoms with Crippen LogP contribution in [0.3, 0.4) is 0 Å². The summed E-state index contributed by atoms with van der Waals surface area (Å²) < 4.78 is 13.1. The van der Waals surface area contributed by atoms with E-state index in [1.165, 1.54) is 0 Å². The Balaban J connectivity index is 1.48. The van der Waals surface area contributed by atoms with Gasteiger partial charge in [-0.3, -0.25) is 9.59 Å². The molecule has 7 nitrogen and oxygen atoms in total. The summed E-state index contributed by atoms with van der Waals surface area (Å²) in [6.07, 6.45) is 5.79. The van der Waals surface area contributed by atoms with Gasteiger partial charge in [-0.2, -0.15) is 0 Å². The molecule has 5 rings (SSSR count). The number of nitrogens with zero attached hydrogens (tertiary/aromatic N) is 2. The zero-order chi connectivity index (χ0) is 25.3. The number of furan rings is 1. The van der Waals surface area contributed by atoms with Crippen molar-refractivity contribution in [2.24, 2.45) is 5.92 Å². The summed E-state index contributed by atoms with van der Waals surface area (Å²) in [7, 11) is 0. The Hall–Kier alpha value is -3.48. The quantitative estimate of drug-likeness (QED) is 0.491. The topological polar surface area (TPSA) is 76.7 Å². The number of benzene rings is 1. The molecule has 2 aliphatic rings. The van der Waals surface area contributed by atoms with Crippen molar-refractivity contribution < 1.29 is 18.7 Å². The first-order chi connectivity index (χ1) is 17.4. The molecule has 36 heavy (non-hydrogen) atoms. The van der Waals surface area contributed by atoms with E-state index in [0.717, 1.165) is 42.7 Å². The monoisotopic (exact) mass is 489 g/mol. The van der Waals surface area contributed by atoms with Gasteiger partial charge in [0.25, 0.3) is 5.91 Å². The van der Waals surface area contributed by atoms with Crippen LogP contribution < -0.4 is 10.1 Å². The van der Waals surface area contributed by atoms with Crippen LogP contribution in [0, 0.1) is 5.92 Å². The molecule has 1 aliphatic carbocycles. The number of fused-ring (bicyclic) bond motifs is 1. The molecule has 1 saturated carbocycles. The molecular formula is C29H35N3O4. The van der Waals surface area contributed by atoms with Crippen molar-refractivity contribution in [1.29, 1.82) is 0 Å². The van der Waals surface area contributed by atoms with E-state index >= 15 is 0 Å². The third-order valence-corrected chi connectivity index (χ3v) is 7.70. The van der Waals surface area contributed by atoms with E-state index in [4.69, 9.17) is 9.15 Å². The van der Waals surface area contributed by atoms with Crippen LogP contribution in [-0.4, -0.2) is 39.5 Å². The molecule has 0 bridgehead atoms. The van der Waals surface area contributed by atoms with Crippen LogP contribution >= 0.6 is 0 Å². The SMILES string of the molecule is CCOc1ccc(CN2C(=O)c3ccc(-c4ccco4)n3CC2(C)C(=O)NC2CCC(C)CC2)cc1. The lowest BCUT2D eigenvalue weighted by atomic mass is 9.86. The van der Waals surface area contributed by atoms with Crippen molar-refractivity contribution in [3.05, 3.63) is 66.1 Å². The Kier molecular flexibility index (Phi) is 6.65. The van der Waals surface area contributed by atoms with Gasteiger partial charge in [0, 0.05) is 12.6 Å². The van der Waals surface area contributed by atoms with E-state index in [9.17, 15) is 9.59 Å². The average Bonchev–Trinajstić information content (AvgIpc) is 3.54. The summed E-state index contributed by atoms with van der Waals surface area (Å²) in [5.41, 5.74) is 1.24. The number of carbonyl (C=O) groups is 2. The van der Waals surface area contributed by atoms with Gasteiger partial charge >= 0.3 is 0 Å². The highest BCUT2D eigenvalue weighted by Crippen LogP contribution is 2.35. The van der Waals surface area contributed by atoms with E-state index in [2.05, 4.69) is 12.2 Å². The Morgan fingerprint density at radius 1 is 1.08 bits per heavy atom. The summed E-state index contributed by atoms with van der Waals surface area (Å²) in [4.78, 5) is 29.5. The molecule has 0 saturated heterocycles. The van der Waals surface area contributed by atoms with E-state index in [1.54, 1.807) is 11.2 Å². The number of amides is 2. The van der Waals surface area contributed by atoms with Gasteiger partial charge in [-0.15, -0.1) is 0 Å². The van der Waals surface area contributed by atoms with Gasteiger partial charge in [-0.05, 0) is 87.4 Å². The first kappa shape index (κ1) is 24.2. The van der Waals surface area contributed by atoms with Crippen molar-refractivity contribution >= 4 is 11.8 Å². The summed E-state index contributed by atoms with van der Waals surface area (Å²) in [6, 6.07) is 15.3. The molecule has 0 spiro atoms. The van der Waals surface area contributed by atoms with Crippen LogP contribution in [0.25, 0.3) is 11.5 Å². The maximum Gasteiger partial charge on any atom is 0.271 e. The number of ether oxygens (including phenoxy) is 1. The van der Waals surface area contributed by atoms with Crippen molar-refractivity contribution in [2.45, 2.75) is 71.1 Å². The Morgan fingerprint density at radius 3 is 2.47 bits per heavy atom. The van der Waals surface area contributed by atoms with Crippen LogP contribution in [-0.2, 0) is 17.9 Å². The third-order valence-electron chi connectivity index (χ3n) is 7.70. The third kappa shape index (κ3) is 4.54. The standard InChI is InChI=1S/C29H35N3O4/c1-4-35-23-13-9-21(10-14-23)18-32-27(33)25-16-15-24(26-6-5-17-36-26)31(25)19-29(32,3)28(34)30-22-11-7-20(2)8-12-22/h5-6,9-10,13-17,20,22H,4,7-8,11-12,18-19H2,1-3H3,(H,30,34). The number of hydrogen-bond donors (Lipinski definition) is 1. The van der Waals surface area contributed by atoms with Crippen LogP contribution in [0.1, 0.15) is 62.5 Å². The number of hydrogen-bond acceptors (Lipinski definition) is 4. The Labute approximate surface area is 212 Å². The first-order valence-electron chi connectivity index (χ1n) is 13.0. The van der Waals surface area contributed by atoms with Gasteiger partial charge in [0.1, 0.15) is 22.7 Å². The van der Waals surface area contributed by atoms with Crippen LogP contribution in [0.5, 0.6) is 5.75 Å². The first-order valence-corrected chi connectivity index (χ1v) is 13.0. The van der Waals surface area contributed by atoms with Gasteiger partial charge in [-0.25, -0.2) is 0 Å². The minimum absolute atomic E-state index is 0.105. The molecule has 3 aromatic rings. The minimum atomic E-state index is -1.06. The zero-order valence-electron chi connectivity index (χ0n) is 21.3. The van der Waals surface area contributed by atoms with E-state index in [1.807, 2.05) is 66.9 Å². The fourth-order valence-corrected chi connectivity index (χ4v) is 5.45. The number of rotatable bonds is 7. The number of aromatic nitrogens is 1. The molecule has 1 aliphatic heterocycles. The predicted molar refractivity (Wildman–Crippen MR) is 138 cm³/mol. The van der Waals surface area contributed by atoms with Crippen LogP contribution in [0.4, 0.5) is 0 Å². The minimum Gasteiger partial charge on any atom is -0.494 e. The predicted octanol–water partition coefficient (Wildman–Crippen LogP) is 5.26. The second-order valence-electron chi connectivity index (χ2n) is 10.3. The van der Waals surface area contributed by atoms with Gasteiger partial charge in [0.2, 0.25) is 5.91 Å². The highest BCUT2D eigenvalue weighted by Gasteiger charge is 2.48. The second-order valence-corrected chi connectivity index (χ2v) is 10.3. The van der Waals surface area contributed by atoms with Crippen molar-refractivity contribution in [1.82, 2.24) is 14.8 Å². The van der Waals surface area contributed by atoms with E-state index in [0.29, 0.717) is 37.1 Å². The molecule has 1 atom stereocenters. The second kappa shape index (κ2) is 9.88. The molecule has 1 N–H and O–H groups in total. The maximum absolute atomic E-state index is 13.9. The molecule has 1 aromatic carbocycles. The van der Waals surface area contributed by atoms with E-state index in [-0.39, 0.29) is 17.9 Å². The van der Waals surface area contributed by atoms with E-state index < -0.39 is 5.54 Å². The van der Waals surface area contributed by atoms with Crippen molar-refractivity contribution in [3.63, 3.8) is 0 Å². The lowest BCUT2D eigenvalue weighted by Gasteiger charge is -2.45. The normalized spacial score (nSPS) is 23.9. The Bertz CT molecular complexity index is 1210. The largest absolute Gasteiger partial charge is 0.494 e. The molecule has 7 heteroatoms. The average molecular weight is 490 g/mol. The summed E-state index contributed by atoms with van der Waals surface area (Å²) in [5.74, 6) is 1.89. The van der Waals surface area contributed by atoms with Gasteiger partial charge in [0.15, 0.2) is 0 Å². The van der Waals surface area contributed by atoms with Gasteiger partial charge in [-0.1, -0.05) is 19.1 Å². The maximum atomic E-state index is 13.9. The van der Waals surface area contributed by atoms with Gasteiger partial charge in [0.05, 0.1) is 25.1 Å². The lowest BCUT2D eigenvalue weighted by molar-refractivity contribution is -0.134. The smallest absolute Gasteiger partial charge is 0.271 e. The van der Waals surface area contributed by atoms with Crippen molar-refractivity contribution in [2.75, 3.05) is 6.61 Å². The Morgan fingerprint density at radius 2 is 1.81 bits per heavy atom. The molecule has 1 unspecified atom stereocenters. The molecule has 190 valence electrons.